The number of aromatic nitrogens is 2. The topological polar surface area (TPSA) is 221 Å². The van der Waals surface area contributed by atoms with Crippen LogP contribution in [0.2, 0.25) is 5.15 Å². The zero-order valence-corrected chi connectivity index (χ0v) is 24.9. The van der Waals surface area contributed by atoms with Gasteiger partial charge < -0.3 is 32.4 Å². The van der Waals surface area contributed by atoms with Gasteiger partial charge in [0.2, 0.25) is 0 Å². The molecular weight excluding hydrogens is 564 g/mol. The number of nitrogens with zero attached hydrogens (tertiary/aromatic N) is 3. The summed E-state index contributed by atoms with van der Waals surface area (Å²) in [6.45, 7) is 5.57. The van der Waals surface area contributed by atoms with Gasteiger partial charge in [0.05, 0.1) is 0 Å². The van der Waals surface area contributed by atoms with Crippen LogP contribution in [-0.4, -0.2) is 57.2 Å². The molecule has 9 N–H and O–H groups in total. The molecule has 0 radical (unpaired) electrons. The molecule has 0 aliphatic heterocycles. The standard InChI is InChI=1S/C28H39ClN8O5/c1-28(2,3)42-27(41)34-19(25(39)40)14-16-12-11-15(17-9-4-5-10-18(16)17)8-6-7-13-33-26(32)37-24(38)20-22(30)36-23(31)21(29)35-20/h11-12,19H,4-10,13-14H2,1-3H3,(H,34,41)(H,39,40)(H4,30,31,36)(H3,32,33,37,38)/t19-/m0/s1. The van der Waals surface area contributed by atoms with Crippen LogP contribution in [0.3, 0.4) is 0 Å². The number of nitrogen functional groups attached to an aromatic ring is 2. The van der Waals surface area contributed by atoms with Crippen molar-refractivity contribution in [3.63, 3.8) is 0 Å². The Kier molecular flexibility index (Phi) is 10.9. The number of aliphatic imine (C=N–C) groups is 1. The minimum atomic E-state index is -1.11. The number of ether oxygens (including phenoxy) is 1. The highest BCUT2D eigenvalue weighted by atomic mass is 35.5. The van der Waals surface area contributed by atoms with Crippen molar-refractivity contribution in [2.45, 2.75) is 83.8 Å². The van der Waals surface area contributed by atoms with Gasteiger partial charge in [-0.2, -0.15) is 0 Å². The highest BCUT2D eigenvalue weighted by Gasteiger charge is 2.26. The van der Waals surface area contributed by atoms with Crippen LogP contribution in [0.25, 0.3) is 0 Å². The monoisotopic (exact) mass is 602 g/mol. The number of guanidine groups is 1. The molecule has 2 aromatic rings. The number of nitrogens with one attached hydrogen (secondary N) is 2. The van der Waals surface area contributed by atoms with Gasteiger partial charge in [0.25, 0.3) is 5.91 Å². The third-order valence-corrected chi connectivity index (χ3v) is 6.92. The Morgan fingerprint density at radius 3 is 2.36 bits per heavy atom. The minimum Gasteiger partial charge on any atom is -0.480 e. The van der Waals surface area contributed by atoms with E-state index in [0.717, 1.165) is 50.5 Å². The first-order valence-corrected chi connectivity index (χ1v) is 14.2. The van der Waals surface area contributed by atoms with E-state index in [4.69, 9.17) is 33.5 Å². The number of aryl methyl sites for hydroxylation is 1. The number of fused-ring (bicyclic) bond motifs is 1. The summed E-state index contributed by atoms with van der Waals surface area (Å²) in [7, 11) is 0. The third-order valence-electron chi connectivity index (χ3n) is 6.64. The largest absolute Gasteiger partial charge is 0.480 e. The molecule has 0 saturated heterocycles. The second kappa shape index (κ2) is 14.2. The molecule has 1 aromatic carbocycles. The van der Waals surface area contributed by atoms with Crippen LogP contribution in [0.4, 0.5) is 16.4 Å². The number of hydrogen-bond acceptors (Lipinski definition) is 9. The van der Waals surface area contributed by atoms with Crippen LogP contribution in [0.15, 0.2) is 17.1 Å². The smallest absolute Gasteiger partial charge is 0.408 e. The fourth-order valence-corrected chi connectivity index (χ4v) is 4.89. The summed E-state index contributed by atoms with van der Waals surface area (Å²) in [6.07, 6.45) is 5.69. The SMILES string of the molecule is CC(C)(C)OC(=O)N[C@@H](Cc1ccc(CCCCN=C(N)NC(=O)c2nc(Cl)c(N)nc2N)c2c1CCCC2)C(=O)O. The quantitative estimate of drug-likeness (QED) is 0.132. The number of alkyl carbamates (subject to hydrolysis) is 1. The van der Waals surface area contributed by atoms with E-state index >= 15 is 0 Å². The van der Waals surface area contributed by atoms with Crippen LogP contribution in [-0.2, 0) is 35.2 Å². The van der Waals surface area contributed by atoms with Crippen molar-refractivity contribution < 1.29 is 24.2 Å². The molecule has 0 fully saturated rings. The van der Waals surface area contributed by atoms with Gasteiger partial charge >= 0.3 is 12.1 Å². The first-order chi connectivity index (χ1) is 19.7. The average molecular weight is 603 g/mol. The summed E-state index contributed by atoms with van der Waals surface area (Å²) in [4.78, 5) is 48.3. The van der Waals surface area contributed by atoms with Gasteiger partial charge in [-0.15, -0.1) is 0 Å². The summed E-state index contributed by atoms with van der Waals surface area (Å²) in [5.41, 5.74) is 20.7. The van der Waals surface area contributed by atoms with Crippen LogP contribution in [0.1, 0.15) is 79.2 Å². The number of carbonyl (C=O) groups is 3. The Hall–Kier alpha value is -4.13. The van der Waals surface area contributed by atoms with Gasteiger partial charge in [-0.25, -0.2) is 19.6 Å². The Labute approximate surface area is 249 Å². The van der Waals surface area contributed by atoms with E-state index in [2.05, 4.69) is 25.6 Å². The summed E-state index contributed by atoms with van der Waals surface area (Å²) in [5.74, 6) is -2.14. The highest BCUT2D eigenvalue weighted by Crippen LogP contribution is 2.30. The second-order valence-electron chi connectivity index (χ2n) is 11.1. The van der Waals surface area contributed by atoms with Gasteiger partial charge in [-0.3, -0.25) is 15.1 Å². The van der Waals surface area contributed by atoms with Crippen molar-refractivity contribution in [3.8, 4) is 0 Å². The molecule has 1 heterocycles. The van der Waals surface area contributed by atoms with Crippen LogP contribution in [0.5, 0.6) is 0 Å². The molecule has 0 spiro atoms. The van der Waals surface area contributed by atoms with Crippen molar-refractivity contribution in [2.24, 2.45) is 10.7 Å². The number of carbonyl (C=O) groups excluding carboxylic acids is 2. The second-order valence-corrected chi connectivity index (χ2v) is 11.5. The van der Waals surface area contributed by atoms with E-state index in [0.29, 0.717) is 6.54 Å². The lowest BCUT2D eigenvalue weighted by Gasteiger charge is -2.25. The molecule has 3 rings (SSSR count). The lowest BCUT2D eigenvalue weighted by molar-refractivity contribution is -0.139. The highest BCUT2D eigenvalue weighted by molar-refractivity contribution is 6.31. The minimum absolute atomic E-state index is 0.0798. The molecular formula is C28H39ClN8O5. The van der Waals surface area contributed by atoms with E-state index in [1.807, 2.05) is 12.1 Å². The van der Waals surface area contributed by atoms with Crippen molar-refractivity contribution in [2.75, 3.05) is 18.0 Å². The van der Waals surface area contributed by atoms with E-state index in [1.54, 1.807) is 20.8 Å². The van der Waals surface area contributed by atoms with Gasteiger partial charge in [0.1, 0.15) is 11.6 Å². The molecule has 42 heavy (non-hydrogen) atoms. The number of halogens is 1. The number of benzene rings is 1. The lowest BCUT2D eigenvalue weighted by Crippen LogP contribution is -2.44. The van der Waals surface area contributed by atoms with Crippen molar-refractivity contribution >= 4 is 47.2 Å². The van der Waals surface area contributed by atoms with Crippen LogP contribution >= 0.6 is 11.6 Å². The maximum absolute atomic E-state index is 12.4. The third kappa shape index (κ3) is 9.20. The van der Waals surface area contributed by atoms with Gasteiger partial charge in [-0.05, 0) is 88.0 Å². The first-order valence-electron chi connectivity index (χ1n) is 13.8. The molecule has 2 amide bonds. The maximum Gasteiger partial charge on any atom is 0.408 e. The average Bonchev–Trinajstić information content (AvgIpc) is 2.89. The molecule has 13 nitrogen and oxygen atoms in total. The molecule has 0 saturated carbocycles. The van der Waals surface area contributed by atoms with Gasteiger partial charge in [0.15, 0.2) is 28.4 Å². The fraction of sp³-hybridized carbons (Fsp3) is 0.500. The van der Waals surface area contributed by atoms with E-state index in [1.165, 1.54) is 16.7 Å². The molecule has 1 aliphatic carbocycles. The van der Waals surface area contributed by atoms with Crippen LogP contribution in [0, 0.1) is 0 Å². The number of carboxylic acid groups (broad SMARTS) is 1. The normalized spacial score (nSPS) is 14.0. The van der Waals surface area contributed by atoms with Crippen molar-refractivity contribution in [1.29, 1.82) is 0 Å². The summed E-state index contributed by atoms with van der Waals surface area (Å²) < 4.78 is 5.25. The number of amides is 2. The number of nitrogens with two attached hydrogens (primary N) is 3. The lowest BCUT2D eigenvalue weighted by atomic mass is 9.82. The molecule has 1 aliphatic rings. The molecule has 0 bridgehead atoms. The zero-order chi connectivity index (χ0) is 31.0. The van der Waals surface area contributed by atoms with E-state index in [-0.39, 0.29) is 34.9 Å². The molecule has 228 valence electrons. The maximum atomic E-state index is 12.4. The summed E-state index contributed by atoms with van der Waals surface area (Å²) in [5, 5.41) is 14.5. The Morgan fingerprint density at radius 2 is 1.71 bits per heavy atom. The summed E-state index contributed by atoms with van der Waals surface area (Å²) >= 11 is 5.82. The number of anilines is 2. The zero-order valence-electron chi connectivity index (χ0n) is 24.1. The number of aliphatic carboxylic acids is 1. The predicted octanol–water partition coefficient (Wildman–Crippen LogP) is 2.76. The predicted molar refractivity (Wildman–Crippen MR) is 160 cm³/mol. The van der Waals surface area contributed by atoms with E-state index < -0.39 is 29.6 Å². The number of carboxylic acids is 1. The Morgan fingerprint density at radius 1 is 1.07 bits per heavy atom. The molecule has 1 atom stereocenters. The Bertz CT molecular complexity index is 1360. The number of unbranched alkanes of at least 4 members (excludes halogenated alkanes) is 1. The number of rotatable bonds is 10. The van der Waals surface area contributed by atoms with Crippen molar-refractivity contribution in [1.82, 2.24) is 20.6 Å². The van der Waals surface area contributed by atoms with E-state index in [9.17, 15) is 19.5 Å². The fourth-order valence-electron chi connectivity index (χ4n) is 4.76. The van der Waals surface area contributed by atoms with Crippen LogP contribution < -0.4 is 27.8 Å². The molecule has 14 heteroatoms. The van der Waals surface area contributed by atoms with Gasteiger partial charge in [0, 0.05) is 13.0 Å². The Balaban J connectivity index is 1.58. The van der Waals surface area contributed by atoms with Gasteiger partial charge in [-0.1, -0.05) is 23.7 Å². The molecule has 0 unspecified atom stereocenters. The first kappa shape index (κ1) is 32.4. The molecule has 1 aromatic heterocycles. The number of hydrogen-bond donors (Lipinski definition) is 6. The van der Waals surface area contributed by atoms with Crippen molar-refractivity contribution in [3.05, 3.63) is 45.2 Å². The summed E-state index contributed by atoms with van der Waals surface area (Å²) in [6, 6.07) is 2.92.